The number of rotatable bonds is 6. The zero-order chi connectivity index (χ0) is 28.6. The summed E-state index contributed by atoms with van der Waals surface area (Å²) < 4.78 is 18.7. The van der Waals surface area contributed by atoms with Crippen LogP contribution in [0.1, 0.15) is 45.2 Å². The third-order valence-electron chi connectivity index (χ3n) is 6.47. The Bertz CT molecular complexity index is 1600. The average molecular weight is 540 g/mol. The van der Waals surface area contributed by atoms with Crippen molar-refractivity contribution < 1.29 is 23.8 Å². The molecule has 1 N–H and O–H groups in total. The van der Waals surface area contributed by atoms with Crippen molar-refractivity contribution in [2.45, 2.75) is 48.0 Å². The molecule has 2 heterocycles. The number of nitrogens with one attached hydrogen (secondary N) is 1. The van der Waals surface area contributed by atoms with Gasteiger partial charge in [-0.05, 0) is 72.4 Å². The van der Waals surface area contributed by atoms with Crippen LogP contribution in [0.5, 0.6) is 17.4 Å². The van der Waals surface area contributed by atoms with E-state index in [-0.39, 0.29) is 18.1 Å². The number of amides is 1. The Morgan fingerprint density at radius 3 is 2.35 bits per heavy atom. The first-order valence-corrected chi connectivity index (χ1v) is 13.2. The molecule has 1 aliphatic rings. The lowest BCUT2D eigenvalue weighted by Crippen LogP contribution is -2.19. The van der Waals surface area contributed by atoms with E-state index in [1.807, 2.05) is 95.3 Å². The number of esters is 1. The number of nitrogens with zero attached hydrogens (tertiary/aromatic N) is 2. The van der Waals surface area contributed by atoms with E-state index < -0.39 is 5.97 Å². The molecule has 1 amide bonds. The molecule has 0 atom stereocenters. The number of carbonyl (C=O) groups is 2. The Hall–Kier alpha value is -4.59. The summed E-state index contributed by atoms with van der Waals surface area (Å²) in [5.74, 6) is 1.07. The second-order valence-electron chi connectivity index (χ2n) is 11.3. The van der Waals surface area contributed by atoms with Crippen LogP contribution in [-0.4, -0.2) is 28.4 Å². The standard InChI is InChI=1S/C32H33N3O5/c1-19-7-8-20(2)25(15-19)35-31(40-21(3)36)29(30(34-35)23-11-14-26-27(16-23)39-18-38-26)22-9-12-24(13-10-22)33-28(37)17-32(4,5)6/h7-16H,17-18H2,1-6H3,(H,33,37). The summed E-state index contributed by atoms with van der Waals surface area (Å²) in [6.45, 7) is 11.6. The van der Waals surface area contributed by atoms with Crippen LogP contribution in [0.25, 0.3) is 28.1 Å². The number of hydrogen-bond acceptors (Lipinski definition) is 6. The van der Waals surface area contributed by atoms with Gasteiger partial charge in [0, 0.05) is 24.6 Å². The maximum atomic E-state index is 12.5. The van der Waals surface area contributed by atoms with Crippen LogP contribution in [0.3, 0.4) is 0 Å². The summed E-state index contributed by atoms with van der Waals surface area (Å²) >= 11 is 0. The van der Waals surface area contributed by atoms with Gasteiger partial charge in [-0.15, -0.1) is 0 Å². The topological polar surface area (TPSA) is 91.7 Å². The van der Waals surface area contributed by atoms with Crippen molar-refractivity contribution in [1.82, 2.24) is 9.78 Å². The molecule has 0 radical (unpaired) electrons. The second-order valence-corrected chi connectivity index (χ2v) is 11.3. The van der Waals surface area contributed by atoms with E-state index in [0.717, 1.165) is 27.9 Å². The van der Waals surface area contributed by atoms with Gasteiger partial charge in [0.2, 0.25) is 18.6 Å². The first-order valence-electron chi connectivity index (χ1n) is 13.2. The Labute approximate surface area is 233 Å². The fourth-order valence-corrected chi connectivity index (χ4v) is 4.66. The van der Waals surface area contributed by atoms with Gasteiger partial charge in [-0.3, -0.25) is 9.59 Å². The maximum absolute atomic E-state index is 12.5. The first-order chi connectivity index (χ1) is 19.0. The summed E-state index contributed by atoms with van der Waals surface area (Å²) in [4.78, 5) is 24.9. The fourth-order valence-electron chi connectivity index (χ4n) is 4.66. The Kier molecular flexibility index (Phi) is 7.10. The molecule has 40 heavy (non-hydrogen) atoms. The smallest absolute Gasteiger partial charge is 0.309 e. The minimum Gasteiger partial charge on any atom is -0.454 e. The molecule has 0 bridgehead atoms. The molecule has 0 unspecified atom stereocenters. The average Bonchev–Trinajstić information content (AvgIpc) is 3.49. The molecule has 1 aromatic heterocycles. The molecule has 0 spiro atoms. The fraction of sp³-hybridized carbons (Fsp3) is 0.281. The molecular formula is C32H33N3O5. The van der Waals surface area contributed by atoms with E-state index in [1.165, 1.54) is 6.92 Å². The summed E-state index contributed by atoms with van der Waals surface area (Å²) in [5, 5.41) is 7.96. The normalized spacial score (nSPS) is 12.3. The second kappa shape index (κ2) is 10.5. The lowest BCUT2D eigenvalue weighted by atomic mass is 9.92. The van der Waals surface area contributed by atoms with Crippen LogP contribution in [-0.2, 0) is 9.59 Å². The van der Waals surface area contributed by atoms with E-state index in [2.05, 4.69) is 5.32 Å². The minimum atomic E-state index is -0.462. The highest BCUT2D eigenvalue weighted by Crippen LogP contribution is 2.44. The van der Waals surface area contributed by atoms with Gasteiger partial charge < -0.3 is 19.5 Å². The van der Waals surface area contributed by atoms with E-state index in [9.17, 15) is 9.59 Å². The van der Waals surface area contributed by atoms with Gasteiger partial charge in [-0.25, -0.2) is 0 Å². The summed E-state index contributed by atoms with van der Waals surface area (Å²) in [6, 6.07) is 19.1. The molecule has 8 nitrogen and oxygen atoms in total. The first kappa shape index (κ1) is 27.0. The summed E-state index contributed by atoms with van der Waals surface area (Å²) in [7, 11) is 0. The molecule has 0 aliphatic carbocycles. The van der Waals surface area contributed by atoms with Gasteiger partial charge in [0.15, 0.2) is 11.5 Å². The van der Waals surface area contributed by atoms with Gasteiger partial charge >= 0.3 is 5.97 Å². The van der Waals surface area contributed by atoms with Crippen molar-refractivity contribution in [3.05, 3.63) is 71.8 Å². The van der Waals surface area contributed by atoms with Gasteiger partial charge in [0.1, 0.15) is 5.69 Å². The SMILES string of the molecule is CC(=O)Oc1c(-c2ccc(NC(=O)CC(C)(C)C)cc2)c(-c2ccc3c(c2)OCO3)nn1-c1cc(C)ccc1C. The molecule has 8 heteroatoms. The molecule has 0 saturated heterocycles. The number of fused-ring (bicyclic) bond motifs is 1. The summed E-state index contributed by atoms with van der Waals surface area (Å²) in [6.07, 6.45) is 0.405. The van der Waals surface area contributed by atoms with Gasteiger partial charge in [0.05, 0.1) is 11.3 Å². The number of anilines is 1. The van der Waals surface area contributed by atoms with Crippen LogP contribution in [0.4, 0.5) is 5.69 Å². The number of aromatic nitrogens is 2. The number of hydrogen-bond donors (Lipinski definition) is 1. The molecule has 4 aromatic rings. The van der Waals surface area contributed by atoms with E-state index in [4.69, 9.17) is 19.3 Å². The van der Waals surface area contributed by atoms with Crippen LogP contribution in [0.15, 0.2) is 60.7 Å². The number of aryl methyl sites for hydroxylation is 2. The van der Waals surface area contributed by atoms with Crippen molar-refractivity contribution in [1.29, 1.82) is 0 Å². The van der Waals surface area contributed by atoms with Gasteiger partial charge in [-0.2, -0.15) is 9.78 Å². The minimum absolute atomic E-state index is 0.0513. The predicted octanol–water partition coefficient (Wildman–Crippen LogP) is 6.85. The van der Waals surface area contributed by atoms with Crippen molar-refractivity contribution in [2.24, 2.45) is 5.41 Å². The zero-order valence-electron chi connectivity index (χ0n) is 23.6. The summed E-state index contributed by atoms with van der Waals surface area (Å²) in [5.41, 5.74) is 6.18. The third kappa shape index (κ3) is 5.71. The molecule has 0 fully saturated rings. The number of carbonyl (C=O) groups excluding carboxylic acids is 2. The molecular weight excluding hydrogens is 506 g/mol. The van der Waals surface area contributed by atoms with Crippen molar-refractivity contribution in [3.63, 3.8) is 0 Å². The highest BCUT2D eigenvalue weighted by molar-refractivity contribution is 5.92. The number of benzene rings is 3. The molecule has 1 aliphatic heterocycles. The highest BCUT2D eigenvalue weighted by atomic mass is 16.7. The largest absolute Gasteiger partial charge is 0.454 e. The van der Waals surface area contributed by atoms with E-state index in [0.29, 0.717) is 40.7 Å². The van der Waals surface area contributed by atoms with Crippen LogP contribution in [0, 0.1) is 19.3 Å². The van der Waals surface area contributed by atoms with E-state index >= 15 is 0 Å². The van der Waals surface area contributed by atoms with Crippen LogP contribution in [0.2, 0.25) is 0 Å². The van der Waals surface area contributed by atoms with E-state index in [1.54, 1.807) is 4.68 Å². The third-order valence-corrected chi connectivity index (χ3v) is 6.47. The van der Waals surface area contributed by atoms with Crippen molar-refractivity contribution in [3.8, 4) is 45.5 Å². The predicted molar refractivity (Wildman–Crippen MR) is 154 cm³/mol. The molecule has 5 rings (SSSR count). The molecule has 206 valence electrons. The van der Waals surface area contributed by atoms with Crippen molar-refractivity contribution >= 4 is 17.6 Å². The Balaban J connectivity index is 1.66. The zero-order valence-corrected chi connectivity index (χ0v) is 23.6. The monoisotopic (exact) mass is 539 g/mol. The highest BCUT2D eigenvalue weighted by Gasteiger charge is 2.27. The van der Waals surface area contributed by atoms with Crippen LogP contribution >= 0.6 is 0 Å². The molecule has 0 saturated carbocycles. The quantitative estimate of drug-likeness (QED) is 0.269. The van der Waals surface area contributed by atoms with Gasteiger partial charge in [-0.1, -0.05) is 45.0 Å². The molecule has 3 aromatic carbocycles. The number of ether oxygens (including phenoxy) is 3. The Morgan fingerprint density at radius 2 is 1.65 bits per heavy atom. The maximum Gasteiger partial charge on any atom is 0.309 e. The lowest BCUT2D eigenvalue weighted by molar-refractivity contribution is -0.132. The van der Waals surface area contributed by atoms with Crippen molar-refractivity contribution in [2.75, 3.05) is 12.1 Å². The Morgan fingerprint density at radius 1 is 0.950 bits per heavy atom. The van der Waals surface area contributed by atoms with Gasteiger partial charge in [0.25, 0.3) is 0 Å². The van der Waals surface area contributed by atoms with Crippen LogP contribution < -0.4 is 19.5 Å². The lowest BCUT2D eigenvalue weighted by Gasteiger charge is -2.17.